The molecule has 0 atom stereocenters. The number of likely N-dealkylation sites (N-methyl/N-ethyl adjacent to an activating group) is 1. The maximum atomic E-state index is 12.8. The topological polar surface area (TPSA) is 63.1 Å². The first-order valence-electron chi connectivity index (χ1n) is 8.69. The van der Waals surface area contributed by atoms with E-state index in [0.717, 1.165) is 38.8 Å². The van der Waals surface area contributed by atoms with Crippen LogP contribution in [0.3, 0.4) is 0 Å². The monoisotopic (exact) mass is 325 g/mol. The zero-order chi connectivity index (χ0) is 16.5. The number of benzene rings is 1. The first-order chi connectivity index (χ1) is 11.7. The van der Waals surface area contributed by atoms with E-state index in [1.54, 1.807) is 0 Å². The maximum absolute atomic E-state index is 12.8. The largest absolute Gasteiger partial charge is 0.337 e. The van der Waals surface area contributed by atoms with E-state index in [1.165, 1.54) is 11.1 Å². The molecular formula is C18H23N5O. The molecule has 4 rings (SSSR count). The summed E-state index contributed by atoms with van der Waals surface area (Å²) in [7, 11) is 1.88. The molecule has 1 fully saturated rings. The van der Waals surface area contributed by atoms with Crippen molar-refractivity contribution in [3.8, 4) is 0 Å². The second-order valence-corrected chi connectivity index (χ2v) is 6.81. The number of hydrogen-bond donors (Lipinski definition) is 1. The van der Waals surface area contributed by atoms with E-state index in [0.29, 0.717) is 11.7 Å². The number of carbonyl (C=O) groups is 1. The summed E-state index contributed by atoms with van der Waals surface area (Å²) < 4.78 is 1.87. The van der Waals surface area contributed by atoms with Gasteiger partial charge in [-0.1, -0.05) is 29.5 Å². The average Bonchev–Trinajstić information content (AvgIpc) is 3.28. The Morgan fingerprint density at radius 1 is 1.21 bits per heavy atom. The Hall–Kier alpha value is -2.21. The normalized spacial score (nSPS) is 18.5. The molecule has 1 aliphatic carbocycles. The number of piperidine rings is 1. The molecule has 0 bridgehead atoms. The average molecular weight is 325 g/mol. The lowest BCUT2D eigenvalue weighted by Crippen LogP contribution is -2.37. The third-order valence-electron chi connectivity index (χ3n) is 5.31. The van der Waals surface area contributed by atoms with Crippen molar-refractivity contribution in [3.63, 3.8) is 0 Å². The zero-order valence-electron chi connectivity index (χ0n) is 14.0. The van der Waals surface area contributed by atoms with Crippen molar-refractivity contribution in [3.05, 3.63) is 47.3 Å². The number of amides is 1. The molecule has 0 spiro atoms. The predicted octanol–water partition coefficient (Wildman–Crippen LogP) is 1.44. The van der Waals surface area contributed by atoms with Crippen molar-refractivity contribution in [2.45, 2.75) is 37.8 Å². The highest BCUT2D eigenvalue weighted by Crippen LogP contribution is 2.25. The van der Waals surface area contributed by atoms with Gasteiger partial charge in [0, 0.05) is 13.1 Å². The minimum atomic E-state index is -0.0343. The van der Waals surface area contributed by atoms with E-state index in [4.69, 9.17) is 0 Å². The van der Waals surface area contributed by atoms with Crippen LogP contribution in [0.15, 0.2) is 30.5 Å². The van der Waals surface area contributed by atoms with Gasteiger partial charge in [0.1, 0.15) is 0 Å². The van der Waals surface area contributed by atoms with Crippen LogP contribution in [-0.4, -0.2) is 52.0 Å². The van der Waals surface area contributed by atoms with Gasteiger partial charge in [0.15, 0.2) is 5.69 Å². The van der Waals surface area contributed by atoms with Crippen LogP contribution in [0, 0.1) is 0 Å². The van der Waals surface area contributed by atoms with Gasteiger partial charge in [-0.2, -0.15) is 0 Å². The lowest BCUT2D eigenvalue weighted by molar-refractivity contribution is 0.0731. The first kappa shape index (κ1) is 15.3. The minimum Gasteiger partial charge on any atom is -0.337 e. The number of carbonyl (C=O) groups excluding carboxylic acids is 1. The van der Waals surface area contributed by atoms with Crippen LogP contribution >= 0.6 is 0 Å². The maximum Gasteiger partial charge on any atom is 0.276 e. The summed E-state index contributed by atoms with van der Waals surface area (Å²) in [6.45, 7) is 1.99. The second-order valence-electron chi connectivity index (χ2n) is 6.81. The minimum absolute atomic E-state index is 0.0343. The zero-order valence-corrected chi connectivity index (χ0v) is 14.0. The number of nitrogens with zero attached hydrogens (tertiary/aromatic N) is 4. The van der Waals surface area contributed by atoms with Crippen molar-refractivity contribution in [2.75, 3.05) is 20.1 Å². The van der Waals surface area contributed by atoms with E-state index in [2.05, 4.69) is 39.9 Å². The standard InChI is InChI=1S/C18H23N5O/c1-22(16-10-13-4-2-3-5-14(13)11-16)18(24)17-12-23(21-20-17)15-6-8-19-9-7-15/h2-5,12,15-16,19H,6-11H2,1H3. The lowest BCUT2D eigenvalue weighted by Gasteiger charge is -2.23. The van der Waals surface area contributed by atoms with Crippen molar-refractivity contribution < 1.29 is 4.79 Å². The summed E-state index contributed by atoms with van der Waals surface area (Å²) in [6, 6.07) is 8.99. The van der Waals surface area contributed by atoms with Gasteiger partial charge in [-0.3, -0.25) is 4.79 Å². The molecule has 6 nitrogen and oxygen atoms in total. The number of aromatic nitrogens is 3. The Labute approximate surface area is 141 Å². The number of hydrogen-bond acceptors (Lipinski definition) is 4. The molecule has 6 heteroatoms. The predicted molar refractivity (Wildman–Crippen MR) is 90.9 cm³/mol. The van der Waals surface area contributed by atoms with Gasteiger partial charge in [-0.15, -0.1) is 5.10 Å². The molecule has 0 saturated carbocycles. The fourth-order valence-corrected chi connectivity index (χ4v) is 3.78. The fraction of sp³-hybridized carbons (Fsp3) is 0.500. The molecule has 1 aliphatic heterocycles. The van der Waals surface area contributed by atoms with Crippen LogP contribution < -0.4 is 5.32 Å². The van der Waals surface area contributed by atoms with Crippen molar-refractivity contribution in [1.82, 2.24) is 25.2 Å². The number of nitrogens with one attached hydrogen (secondary N) is 1. The van der Waals surface area contributed by atoms with E-state index < -0.39 is 0 Å². The summed E-state index contributed by atoms with van der Waals surface area (Å²) in [4.78, 5) is 14.6. The highest BCUT2D eigenvalue weighted by atomic mass is 16.2. The van der Waals surface area contributed by atoms with Crippen molar-refractivity contribution >= 4 is 5.91 Å². The van der Waals surface area contributed by atoms with Gasteiger partial charge in [0.2, 0.25) is 0 Å². The third-order valence-corrected chi connectivity index (χ3v) is 5.31. The van der Waals surface area contributed by atoms with Crippen molar-refractivity contribution in [1.29, 1.82) is 0 Å². The lowest BCUT2D eigenvalue weighted by atomic mass is 10.1. The third kappa shape index (κ3) is 2.82. The highest BCUT2D eigenvalue weighted by Gasteiger charge is 2.29. The quantitative estimate of drug-likeness (QED) is 0.927. The SMILES string of the molecule is CN(C(=O)c1cn(C2CCNCC2)nn1)C1Cc2ccccc2C1. The van der Waals surface area contributed by atoms with Gasteiger partial charge >= 0.3 is 0 Å². The summed E-state index contributed by atoms with van der Waals surface area (Å²) in [5, 5.41) is 11.7. The Morgan fingerprint density at radius 3 is 2.54 bits per heavy atom. The van der Waals surface area contributed by atoms with Gasteiger partial charge < -0.3 is 10.2 Å². The summed E-state index contributed by atoms with van der Waals surface area (Å²) in [6.07, 6.45) is 5.72. The molecule has 1 aromatic heterocycles. The highest BCUT2D eigenvalue weighted by molar-refractivity contribution is 5.92. The number of rotatable bonds is 3. The smallest absolute Gasteiger partial charge is 0.276 e. The fourth-order valence-electron chi connectivity index (χ4n) is 3.78. The second kappa shape index (κ2) is 6.36. The van der Waals surface area contributed by atoms with Crippen LogP contribution in [0.25, 0.3) is 0 Å². The Kier molecular flexibility index (Phi) is 4.06. The summed E-state index contributed by atoms with van der Waals surface area (Å²) >= 11 is 0. The molecule has 24 heavy (non-hydrogen) atoms. The van der Waals surface area contributed by atoms with E-state index in [-0.39, 0.29) is 11.9 Å². The van der Waals surface area contributed by atoms with E-state index in [1.807, 2.05) is 22.8 Å². The molecule has 2 aliphatic rings. The molecule has 1 N–H and O–H groups in total. The van der Waals surface area contributed by atoms with Gasteiger partial charge in [0.05, 0.1) is 12.2 Å². The van der Waals surface area contributed by atoms with Crippen LogP contribution in [0.1, 0.15) is 40.5 Å². The Balaban J connectivity index is 1.45. The number of fused-ring (bicyclic) bond motifs is 1. The van der Waals surface area contributed by atoms with Crippen LogP contribution in [-0.2, 0) is 12.8 Å². The Bertz CT molecular complexity index is 710. The van der Waals surface area contributed by atoms with Crippen molar-refractivity contribution in [2.24, 2.45) is 0 Å². The molecular weight excluding hydrogens is 302 g/mol. The van der Waals surface area contributed by atoms with Crippen LogP contribution in [0.5, 0.6) is 0 Å². The first-order valence-corrected chi connectivity index (χ1v) is 8.69. The molecule has 0 unspecified atom stereocenters. The molecule has 126 valence electrons. The van der Waals surface area contributed by atoms with E-state index >= 15 is 0 Å². The summed E-state index contributed by atoms with van der Waals surface area (Å²) in [5.41, 5.74) is 3.15. The van der Waals surface area contributed by atoms with Gasteiger partial charge in [-0.25, -0.2) is 4.68 Å². The molecule has 2 heterocycles. The molecule has 1 saturated heterocycles. The van der Waals surface area contributed by atoms with Gasteiger partial charge in [0.25, 0.3) is 5.91 Å². The Morgan fingerprint density at radius 2 is 1.88 bits per heavy atom. The molecule has 2 aromatic rings. The van der Waals surface area contributed by atoms with E-state index in [9.17, 15) is 4.79 Å². The molecule has 1 aromatic carbocycles. The molecule has 0 radical (unpaired) electrons. The van der Waals surface area contributed by atoms with Crippen LogP contribution in [0.2, 0.25) is 0 Å². The molecule has 1 amide bonds. The van der Waals surface area contributed by atoms with Gasteiger partial charge in [-0.05, 0) is 49.9 Å². The van der Waals surface area contributed by atoms with Crippen LogP contribution in [0.4, 0.5) is 0 Å². The summed E-state index contributed by atoms with van der Waals surface area (Å²) in [5.74, 6) is -0.0343.